The summed E-state index contributed by atoms with van der Waals surface area (Å²) < 4.78 is 0. The van der Waals surface area contributed by atoms with E-state index in [2.05, 4.69) is 32.7 Å². The van der Waals surface area contributed by atoms with Crippen molar-refractivity contribution < 1.29 is 15.0 Å². The van der Waals surface area contributed by atoms with E-state index in [-0.39, 0.29) is 5.75 Å². The summed E-state index contributed by atoms with van der Waals surface area (Å²) in [4.78, 5) is 12.0. The minimum atomic E-state index is 0.239. The lowest BCUT2D eigenvalue weighted by Crippen LogP contribution is -1.93. The number of nitrogens with zero attached hydrogens (tertiary/aromatic N) is 1. The van der Waals surface area contributed by atoms with Gasteiger partial charge in [0.25, 0.3) is 0 Å². The molecule has 1 aromatic heterocycles. The molecule has 4 heteroatoms. The molecule has 0 saturated carbocycles. The summed E-state index contributed by atoms with van der Waals surface area (Å²) in [5.41, 5.74) is 1.16. The van der Waals surface area contributed by atoms with Crippen LogP contribution >= 0.6 is 0 Å². The number of hydrogen-bond donors (Lipinski definition) is 2. The number of aliphatic hydroxyl groups excluding tert-OH is 1. The van der Waals surface area contributed by atoms with Crippen molar-refractivity contribution in [2.75, 3.05) is 7.11 Å². The van der Waals surface area contributed by atoms with Crippen LogP contribution in [0.15, 0.2) is 36.5 Å². The van der Waals surface area contributed by atoms with E-state index >= 15 is 0 Å². The van der Waals surface area contributed by atoms with E-state index in [1.54, 1.807) is 18.3 Å². The van der Waals surface area contributed by atoms with Crippen molar-refractivity contribution in [3.05, 3.63) is 36.5 Å². The molecule has 0 fully saturated rings. The Balaban J connectivity index is 0. The lowest BCUT2D eigenvalue weighted by Gasteiger charge is -2.05. The van der Waals surface area contributed by atoms with Gasteiger partial charge in [0.05, 0.1) is 0 Å². The minimum absolute atomic E-state index is 0.239. The topological polar surface area (TPSA) is 70.4 Å². The van der Waals surface area contributed by atoms with Gasteiger partial charge in [-0.05, 0) is 17.5 Å². The average molecular weight is 279 g/mol. The van der Waals surface area contributed by atoms with Gasteiger partial charge in [0, 0.05) is 18.7 Å². The third kappa shape index (κ3) is 10.0. The number of pyridine rings is 1. The Kier molecular flexibility index (Phi) is 11.1. The SMILES string of the molecule is C=O.CC(C)(C)C.CO.Oc1cccc2cccnc12. The molecule has 0 aliphatic heterocycles. The van der Waals surface area contributed by atoms with E-state index in [1.165, 1.54) is 0 Å². The fraction of sp³-hybridized carbons (Fsp3) is 0.375. The Morgan fingerprint density at radius 2 is 1.45 bits per heavy atom. The molecule has 0 amide bonds. The van der Waals surface area contributed by atoms with Crippen molar-refractivity contribution in [2.24, 2.45) is 5.41 Å². The van der Waals surface area contributed by atoms with Crippen LogP contribution in [0.2, 0.25) is 0 Å². The highest BCUT2D eigenvalue weighted by Crippen LogP contribution is 2.20. The van der Waals surface area contributed by atoms with Gasteiger partial charge in [0.15, 0.2) is 0 Å². The number of aromatic hydroxyl groups is 1. The molecule has 0 atom stereocenters. The van der Waals surface area contributed by atoms with Crippen LogP contribution in [-0.4, -0.2) is 29.1 Å². The number of para-hydroxylation sites is 1. The summed E-state index contributed by atoms with van der Waals surface area (Å²) in [6.07, 6.45) is 1.67. The second-order valence-corrected chi connectivity index (χ2v) is 5.35. The van der Waals surface area contributed by atoms with E-state index in [0.717, 1.165) is 12.5 Å². The molecule has 20 heavy (non-hydrogen) atoms. The molecule has 0 radical (unpaired) electrons. The highest BCUT2D eigenvalue weighted by Gasteiger charge is 1.96. The van der Waals surface area contributed by atoms with Crippen LogP contribution in [0.5, 0.6) is 5.75 Å². The monoisotopic (exact) mass is 279 g/mol. The van der Waals surface area contributed by atoms with Crippen LogP contribution in [0.3, 0.4) is 0 Å². The zero-order valence-corrected chi connectivity index (χ0v) is 12.9. The van der Waals surface area contributed by atoms with E-state index < -0.39 is 0 Å². The standard InChI is InChI=1S/C9H7NO.C5H12.CH4O.CH2O/c11-8-5-1-3-7-4-2-6-10-9(7)8;1-5(2,3)4;2*1-2/h1-6,11H;1-4H3;2H,1H3;1H2. The van der Waals surface area contributed by atoms with Crippen molar-refractivity contribution in [2.45, 2.75) is 27.7 Å². The fourth-order valence-electron chi connectivity index (χ4n) is 1.09. The Hall–Kier alpha value is -1.94. The Labute approximate surface area is 121 Å². The summed E-state index contributed by atoms with van der Waals surface area (Å²) in [6, 6.07) is 9.13. The summed E-state index contributed by atoms with van der Waals surface area (Å²) in [5.74, 6) is 0.239. The molecule has 0 bridgehead atoms. The molecular weight excluding hydrogens is 254 g/mol. The lowest BCUT2D eigenvalue weighted by molar-refractivity contribution is -0.0979. The summed E-state index contributed by atoms with van der Waals surface area (Å²) in [7, 11) is 1.00. The fourth-order valence-corrected chi connectivity index (χ4v) is 1.09. The van der Waals surface area contributed by atoms with Crippen molar-refractivity contribution in [3.63, 3.8) is 0 Å². The first-order chi connectivity index (χ1) is 9.38. The number of aliphatic hydroxyl groups is 1. The summed E-state index contributed by atoms with van der Waals surface area (Å²) in [5, 5.41) is 17.3. The predicted octanol–water partition coefficient (Wildman–Crippen LogP) is 3.42. The Bertz CT molecular complexity index is 467. The third-order valence-electron chi connectivity index (χ3n) is 1.61. The molecule has 2 aromatic rings. The number of carbonyl (C=O) groups is 1. The molecule has 1 aromatic carbocycles. The summed E-state index contributed by atoms with van der Waals surface area (Å²) >= 11 is 0. The largest absolute Gasteiger partial charge is 0.506 e. The van der Waals surface area contributed by atoms with Crippen molar-refractivity contribution in [1.82, 2.24) is 4.98 Å². The third-order valence-corrected chi connectivity index (χ3v) is 1.61. The smallest absolute Gasteiger partial charge is 0.141 e. The number of aromatic nitrogens is 1. The maximum atomic E-state index is 9.31. The van der Waals surface area contributed by atoms with E-state index in [4.69, 9.17) is 9.90 Å². The van der Waals surface area contributed by atoms with Gasteiger partial charge in [-0.15, -0.1) is 0 Å². The van der Waals surface area contributed by atoms with Crippen molar-refractivity contribution in [1.29, 1.82) is 0 Å². The second-order valence-electron chi connectivity index (χ2n) is 5.35. The van der Waals surface area contributed by atoms with E-state index in [9.17, 15) is 5.11 Å². The predicted molar refractivity (Wildman–Crippen MR) is 83.8 cm³/mol. The van der Waals surface area contributed by atoms with E-state index in [0.29, 0.717) is 10.9 Å². The maximum absolute atomic E-state index is 9.31. The molecule has 0 unspecified atom stereocenters. The lowest BCUT2D eigenvalue weighted by atomic mass is 10.0. The van der Waals surface area contributed by atoms with Gasteiger partial charge in [-0.2, -0.15) is 0 Å². The molecule has 112 valence electrons. The first-order valence-electron chi connectivity index (χ1n) is 6.14. The Morgan fingerprint density at radius 1 is 1.00 bits per heavy atom. The van der Waals surface area contributed by atoms with Crippen LogP contribution in [0.4, 0.5) is 0 Å². The molecule has 0 aliphatic carbocycles. The molecule has 2 N–H and O–H groups in total. The van der Waals surface area contributed by atoms with Crippen LogP contribution in [0.25, 0.3) is 10.9 Å². The van der Waals surface area contributed by atoms with Crippen LogP contribution in [0, 0.1) is 5.41 Å². The number of rotatable bonds is 0. The first-order valence-corrected chi connectivity index (χ1v) is 6.14. The van der Waals surface area contributed by atoms with Gasteiger partial charge in [-0.1, -0.05) is 45.9 Å². The summed E-state index contributed by atoms with van der Waals surface area (Å²) in [6.45, 7) is 10.8. The minimum Gasteiger partial charge on any atom is -0.506 e. The van der Waals surface area contributed by atoms with Crippen molar-refractivity contribution >= 4 is 17.7 Å². The van der Waals surface area contributed by atoms with Gasteiger partial charge in [0.1, 0.15) is 18.1 Å². The normalized spacial score (nSPS) is 9.10. The highest BCUT2D eigenvalue weighted by atomic mass is 16.3. The molecular formula is C16H25NO3. The molecule has 2 rings (SSSR count). The molecule has 4 nitrogen and oxygen atoms in total. The van der Waals surface area contributed by atoms with Gasteiger partial charge in [-0.25, -0.2) is 0 Å². The zero-order chi connectivity index (χ0) is 16.2. The van der Waals surface area contributed by atoms with Crippen LogP contribution in [0.1, 0.15) is 27.7 Å². The molecule has 0 aliphatic rings. The van der Waals surface area contributed by atoms with Crippen LogP contribution in [-0.2, 0) is 4.79 Å². The average Bonchev–Trinajstić information content (AvgIpc) is 2.42. The van der Waals surface area contributed by atoms with Gasteiger partial charge in [0.2, 0.25) is 0 Å². The quantitative estimate of drug-likeness (QED) is 0.775. The van der Waals surface area contributed by atoms with E-state index in [1.807, 2.05) is 25.0 Å². The molecule has 0 spiro atoms. The van der Waals surface area contributed by atoms with Gasteiger partial charge >= 0.3 is 0 Å². The van der Waals surface area contributed by atoms with Crippen molar-refractivity contribution in [3.8, 4) is 5.75 Å². The number of phenolic OH excluding ortho intramolecular Hbond substituents is 1. The number of fused-ring (bicyclic) bond motifs is 1. The van der Waals surface area contributed by atoms with Crippen LogP contribution < -0.4 is 0 Å². The van der Waals surface area contributed by atoms with Gasteiger partial charge < -0.3 is 15.0 Å². The number of hydrogen-bond acceptors (Lipinski definition) is 4. The zero-order valence-electron chi connectivity index (χ0n) is 12.9. The molecule has 0 saturated heterocycles. The number of carbonyl (C=O) groups excluding carboxylic acids is 1. The van der Waals surface area contributed by atoms with Gasteiger partial charge in [-0.3, -0.25) is 4.98 Å². The maximum Gasteiger partial charge on any atom is 0.141 e. The highest BCUT2D eigenvalue weighted by molar-refractivity contribution is 5.83. The number of benzene rings is 1. The second kappa shape index (κ2) is 10.9. The number of phenols is 1. The first kappa shape index (κ1) is 20.4. The Morgan fingerprint density at radius 3 is 1.90 bits per heavy atom. The molecule has 1 heterocycles.